The summed E-state index contributed by atoms with van der Waals surface area (Å²) in [5.41, 5.74) is 7.73. The molecule has 1 aliphatic rings. The van der Waals surface area contributed by atoms with E-state index in [9.17, 15) is 0 Å². The maximum Gasteiger partial charge on any atom is 0.0748 e. The lowest BCUT2D eigenvalue weighted by atomic mass is 10.2. The Bertz CT molecular complexity index is 310. The first-order chi connectivity index (χ1) is 7.29. The number of hydrogen-bond donors (Lipinski definition) is 1. The van der Waals surface area contributed by atoms with Crippen molar-refractivity contribution in [2.75, 3.05) is 30.3 Å². The highest BCUT2D eigenvalue weighted by molar-refractivity contribution is 5.53. The molecule has 1 fully saturated rings. The van der Waals surface area contributed by atoms with Gasteiger partial charge in [-0.1, -0.05) is 6.92 Å². The van der Waals surface area contributed by atoms with Crippen molar-refractivity contribution in [2.45, 2.75) is 19.4 Å². The first kappa shape index (κ1) is 10.3. The zero-order chi connectivity index (χ0) is 10.7. The first-order valence-corrected chi connectivity index (χ1v) is 5.51. The SMILES string of the molecule is CCC1CN(c2ccc(N)cc2)CCO1. The van der Waals surface area contributed by atoms with Gasteiger partial charge in [-0.15, -0.1) is 0 Å². The summed E-state index contributed by atoms with van der Waals surface area (Å²) in [5, 5.41) is 0. The van der Waals surface area contributed by atoms with Crippen LogP contribution in [0.15, 0.2) is 24.3 Å². The van der Waals surface area contributed by atoms with Crippen molar-refractivity contribution in [3.63, 3.8) is 0 Å². The minimum atomic E-state index is 0.372. The van der Waals surface area contributed by atoms with Crippen molar-refractivity contribution in [2.24, 2.45) is 0 Å². The Labute approximate surface area is 90.8 Å². The molecule has 3 heteroatoms. The van der Waals surface area contributed by atoms with Gasteiger partial charge in [-0.05, 0) is 30.7 Å². The fourth-order valence-electron chi connectivity index (χ4n) is 1.89. The number of ether oxygens (including phenoxy) is 1. The molecular formula is C12H18N2O. The van der Waals surface area contributed by atoms with E-state index in [1.165, 1.54) is 5.69 Å². The van der Waals surface area contributed by atoms with Crippen molar-refractivity contribution < 1.29 is 4.74 Å². The van der Waals surface area contributed by atoms with Gasteiger partial charge in [0, 0.05) is 24.5 Å². The summed E-state index contributed by atoms with van der Waals surface area (Å²) in [5.74, 6) is 0. The molecule has 0 spiro atoms. The summed E-state index contributed by atoms with van der Waals surface area (Å²) in [6.45, 7) is 4.95. The van der Waals surface area contributed by atoms with Gasteiger partial charge < -0.3 is 15.4 Å². The lowest BCUT2D eigenvalue weighted by Gasteiger charge is -2.34. The van der Waals surface area contributed by atoms with Gasteiger partial charge in [0.25, 0.3) is 0 Å². The van der Waals surface area contributed by atoms with Crippen LogP contribution in [-0.4, -0.2) is 25.8 Å². The molecule has 0 aromatic heterocycles. The smallest absolute Gasteiger partial charge is 0.0748 e. The van der Waals surface area contributed by atoms with Crippen LogP contribution >= 0.6 is 0 Å². The van der Waals surface area contributed by atoms with Gasteiger partial charge in [-0.3, -0.25) is 0 Å². The van der Waals surface area contributed by atoms with E-state index in [-0.39, 0.29) is 0 Å². The van der Waals surface area contributed by atoms with E-state index in [1.807, 2.05) is 12.1 Å². The number of nitrogens with two attached hydrogens (primary N) is 1. The molecule has 0 saturated carbocycles. The maximum absolute atomic E-state index is 5.67. The molecule has 2 rings (SSSR count). The van der Waals surface area contributed by atoms with Gasteiger partial charge in [0.1, 0.15) is 0 Å². The fraction of sp³-hybridized carbons (Fsp3) is 0.500. The van der Waals surface area contributed by atoms with E-state index in [0.29, 0.717) is 6.10 Å². The Hall–Kier alpha value is -1.22. The summed E-state index contributed by atoms with van der Waals surface area (Å²) in [4.78, 5) is 2.36. The second-order valence-corrected chi connectivity index (χ2v) is 3.94. The Morgan fingerprint density at radius 1 is 1.40 bits per heavy atom. The van der Waals surface area contributed by atoms with E-state index < -0.39 is 0 Å². The zero-order valence-electron chi connectivity index (χ0n) is 9.15. The second kappa shape index (κ2) is 4.53. The van der Waals surface area contributed by atoms with Gasteiger partial charge in [0.2, 0.25) is 0 Å². The van der Waals surface area contributed by atoms with Crippen LogP contribution in [0.3, 0.4) is 0 Å². The molecule has 1 aromatic carbocycles. The second-order valence-electron chi connectivity index (χ2n) is 3.94. The number of anilines is 2. The van der Waals surface area contributed by atoms with Gasteiger partial charge in [0.05, 0.1) is 12.7 Å². The minimum Gasteiger partial charge on any atom is -0.399 e. The van der Waals surface area contributed by atoms with Crippen LogP contribution in [0.1, 0.15) is 13.3 Å². The first-order valence-electron chi connectivity index (χ1n) is 5.51. The maximum atomic E-state index is 5.67. The molecule has 1 aromatic rings. The van der Waals surface area contributed by atoms with Crippen LogP contribution in [-0.2, 0) is 4.74 Å². The van der Waals surface area contributed by atoms with E-state index in [0.717, 1.165) is 31.8 Å². The van der Waals surface area contributed by atoms with Crippen molar-refractivity contribution in [3.05, 3.63) is 24.3 Å². The summed E-state index contributed by atoms with van der Waals surface area (Å²) in [7, 11) is 0. The molecule has 0 radical (unpaired) electrons. The Morgan fingerprint density at radius 3 is 2.80 bits per heavy atom. The third kappa shape index (κ3) is 2.42. The normalized spacial score (nSPS) is 21.7. The molecule has 2 N–H and O–H groups in total. The van der Waals surface area contributed by atoms with Gasteiger partial charge in [0.15, 0.2) is 0 Å². The van der Waals surface area contributed by atoms with Crippen LogP contribution in [0, 0.1) is 0 Å². The standard InChI is InChI=1S/C12H18N2O/c1-2-12-9-14(7-8-15-12)11-5-3-10(13)4-6-11/h3-6,12H,2,7-9,13H2,1H3. The Morgan fingerprint density at radius 2 is 2.13 bits per heavy atom. The van der Waals surface area contributed by atoms with E-state index in [4.69, 9.17) is 10.5 Å². The summed E-state index contributed by atoms with van der Waals surface area (Å²) in [6, 6.07) is 8.05. The van der Waals surface area contributed by atoms with Crippen molar-refractivity contribution in [1.82, 2.24) is 0 Å². The van der Waals surface area contributed by atoms with Gasteiger partial charge in [-0.2, -0.15) is 0 Å². The number of benzene rings is 1. The predicted octanol–water partition coefficient (Wildman–Crippen LogP) is 1.88. The van der Waals surface area contributed by atoms with Crippen molar-refractivity contribution in [3.8, 4) is 0 Å². The van der Waals surface area contributed by atoms with E-state index >= 15 is 0 Å². The third-order valence-electron chi connectivity index (χ3n) is 2.85. The van der Waals surface area contributed by atoms with Gasteiger partial charge in [-0.25, -0.2) is 0 Å². The zero-order valence-corrected chi connectivity index (χ0v) is 9.15. The molecule has 1 atom stereocenters. The number of nitrogen functional groups attached to an aromatic ring is 1. The van der Waals surface area contributed by atoms with Crippen LogP contribution in [0.5, 0.6) is 0 Å². The monoisotopic (exact) mass is 206 g/mol. The molecule has 3 nitrogen and oxygen atoms in total. The Kier molecular flexibility index (Phi) is 3.11. The predicted molar refractivity (Wildman–Crippen MR) is 63.1 cm³/mol. The quantitative estimate of drug-likeness (QED) is 0.751. The van der Waals surface area contributed by atoms with E-state index in [1.54, 1.807) is 0 Å². The van der Waals surface area contributed by atoms with Crippen molar-refractivity contribution in [1.29, 1.82) is 0 Å². The number of rotatable bonds is 2. The Balaban J connectivity index is 2.06. The molecule has 1 aliphatic heterocycles. The summed E-state index contributed by atoms with van der Waals surface area (Å²) in [6.07, 6.45) is 1.45. The summed E-state index contributed by atoms with van der Waals surface area (Å²) < 4.78 is 5.64. The van der Waals surface area contributed by atoms with Crippen LogP contribution in [0.25, 0.3) is 0 Å². The number of nitrogens with zero attached hydrogens (tertiary/aromatic N) is 1. The number of morpholine rings is 1. The van der Waals surface area contributed by atoms with Gasteiger partial charge >= 0.3 is 0 Å². The lowest BCUT2D eigenvalue weighted by Crippen LogP contribution is -2.42. The molecule has 0 amide bonds. The van der Waals surface area contributed by atoms with Crippen LogP contribution in [0.2, 0.25) is 0 Å². The topological polar surface area (TPSA) is 38.5 Å². The van der Waals surface area contributed by atoms with Crippen molar-refractivity contribution >= 4 is 11.4 Å². The van der Waals surface area contributed by atoms with Crippen LogP contribution < -0.4 is 10.6 Å². The highest BCUT2D eigenvalue weighted by Gasteiger charge is 2.18. The molecule has 82 valence electrons. The molecule has 0 aliphatic carbocycles. The third-order valence-corrected chi connectivity index (χ3v) is 2.85. The van der Waals surface area contributed by atoms with E-state index in [2.05, 4.69) is 24.0 Å². The average molecular weight is 206 g/mol. The number of hydrogen-bond acceptors (Lipinski definition) is 3. The minimum absolute atomic E-state index is 0.372. The molecule has 15 heavy (non-hydrogen) atoms. The molecule has 1 saturated heterocycles. The highest BCUT2D eigenvalue weighted by atomic mass is 16.5. The molecule has 0 bridgehead atoms. The molecule has 1 unspecified atom stereocenters. The lowest BCUT2D eigenvalue weighted by molar-refractivity contribution is 0.0384. The highest BCUT2D eigenvalue weighted by Crippen LogP contribution is 2.19. The largest absolute Gasteiger partial charge is 0.399 e. The summed E-state index contributed by atoms with van der Waals surface area (Å²) >= 11 is 0. The molecule has 1 heterocycles. The van der Waals surface area contributed by atoms with Crippen LogP contribution in [0.4, 0.5) is 11.4 Å². The average Bonchev–Trinajstić information content (AvgIpc) is 2.30. The molecular weight excluding hydrogens is 188 g/mol. The fourth-order valence-corrected chi connectivity index (χ4v) is 1.89.